The van der Waals surface area contributed by atoms with Crippen LogP contribution >= 0.6 is 11.3 Å². The van der Waals surface area contributed by atoms with Crippen LogP contribution < -0.4 is 0 Å². The number of nitrogens with zero attached hydrogens (tertiary/aromatic N) is 4. The number of aromatic nitrogens is 5. The summed E-state index contributed by atoms with van der Waals surface area (Å²) in [6.45, 7) is 2.02. The molecule has 0 saturated heterocycles. The van der Waals surface area contributed by atoms with Gasteiger partial charge < -0.3 is 9.38 Å². The molecule has 4 aromatic heterocycles. The molecule has 6 heteroatoms. The normalized spacial score (nSPS) is 12.4. The molecular formula is C24H17N5S. The number of thiazole rings is 1. The molecule has 30 heavy (non-hydrogen) atoms. The predicted molar refractivity (Wildman–Crippen MR) is 123 cm³/mol. The van der Waals surface area contributed by atoms with Gasteiger partial charge in [-0.3, -0.25) is 0 Å². The molecule has 6 rings (SSSR count). The first kappa shape index (κ1) is 17.1. The van der Waals surface area contributed by atoms with Gasteiger partial charge >= 0.3 is 0 Å². The molecule has 0 saturated carbocycles. The summed E-state index contributed by atoms with van der Waals surface area (Å²) < 4.78 is 3.25. The Morgan fingerprint density at radius 3 is 2.57 bits per heavy atom. The predicted octanol–water partition coefficient (Wildman–Crippen LogP) is 5.72. The second-order valence-electron chi connectivity index (χ2n) is 7.15. The fourth-order valence-corrected chi connectivity index (χ4v) is 4.74. The molecule has 0 spiro atoms. The maximum Gasteiger partial charge on any atom is 0.141 e. The van der Waals surface area contributed by atoms with Gasteiger partial charge in [-0.05, 0) is 49.4 Å². The average molecular weight is 408 g/mol. The Bertz CT molecular complexity index is 1420. The van der Waals surface area contributed by atoms with Gasteiger partial charge in [0.2, 0.25) is 0 Å². The minimum absolute atomic E-state index is 0.796. The van der Waals surface area contributed by atoms with Crippen molar-refractivity contribution in [1.29, 1.82) is 0 Å². The number of fused-ring (bicyclic) bond motifs is 3. The van der Waals surface area contributed by atoms with Crippen molar-refractivity contribution in [3.05, 3.63) is 95.3 Å². The zero-order valence-corrected chi connectivity index (χ0v) is 17.0. The van der Waals surface area contributed by atoms with Crippen LogP contribution in [0, 0.1) is 6.92 Å². The smallest absolute Gasteiger partial charge is 0.141 e. The van der Waals surface area contributed by atoms with E-state index >= 15 is 0 Å². The van der Waals surface area contributed by atoms with Crippen molar-refractivity contribution < 1.29 is 0 Å². The fourth-order valence-electron chi connectivity index (χ4n) is 3.76. The minimum atomic E-state index is 0.796. The third-order valence-corrected chi connectivity index (χ3v) is 6.27. The van der Waals surface area contributed by atoms with Gasteiger partial charge in [-0.2, -0.15) is 0 Å². The van der Waals surface area contributed by atoms with Crippen LogP contribution in [-0.2, 0) is 0 Å². The number of imidazole rings is 2. The van der Waals surface area contributed by atoms with Crippen LogP contribution in [0.3, 0.4) is 0 Å². The van der Waals surface area contributed by atoms with Gasteiger partial charge in [0.15, 0.2) is 0 Å². The van der Waals surface area contributed by atoms with Crippen LogP contribution in [0.1, 0.15) is 22.4 Å². The molecule has 0 atom stereocenters. The Morgan fingerprint density at radius 2 is 1.70 bits per heavy atom. The molecule has 4 heterocycles. The number of rotatable bonds is 3. The van der Waals surface area contributed by atoms with Crippen LogP contribution in [0.25, 0.3) is 38.4 Å². The molecule has 2 aromatic carbocycles. The van der Waals surface area contributed by atoms with E-state index in [0.29, 0.717) is 0 Å². The van der Waals surface area contributed by atoms with Crippen molar-refractivity contribution in [3.8, 4) is 0 Å². The van der Waals surface area contributed by atoms with Gasteiger partial charge in [-0.15, -0.1) is 11.3 Å². The topological polar surface area (TPSA) is 58.9 Å². The van der Waals surface area contributed by atoms with E-state index in [-0.39, 0.29) is 0 Å². The van der Waals surface area contributed by atoms with Crippen molar-refractivity contribution in [2.75, 3.05) is 0 Å². The van der Waals surface area contributed by atoms with Crippen LogP contribution in [0.15, 0.2) is 72.9 Å². The number of benzene rings is 2. The number of H-pyrrole nitrogens is 1. The summed E-state index contributed by atoms with van der Waals surface area (Å²) in [7, 11) is 0. The number of hydrogen-bond acceptors (Lipinski definition) is 4. The lowest BCUT2D eigenvalue weighted by Crippen LogP contribution is -1.91. The average Bonchev–Trinajstić information content (AvgIpc) is 3.47. The first-order chi connectivity index (χ1) is 14.8. The summed E-state index contributed by atoms with van der Waals surface area (Å²) in [5.74, 6) is 1.75. The van der Waals surface area contributed by atoms with E-state index < -0.39 is 0 Å². The molecule has 0 aliphatic carbocycles. The Balaban J connectivity index is 1.62. The molecule has 0 aliphatic heterocycles. The summed E-state index contributed by atoms with van der Waals surface area (Å²) >= 11 is 1.67. The molecule has 0 radical (unpaired) electrons. The third kappa shape index (κ3) is 2.73. The zero-order valence-electron chi connectivity index (χ0n) is 16.2. The van der Waals surface area contributed by atoms with Gasteiger partial charge in [-0.1, -0.05) is 30.3 Å². The Morgan fingerprint density at radius 1 is 0.900 bits per heavy atom. The summed E-state index contributed by atoms with van der Waals surface area (Å²) in [5, 5.41) is 0.921. The van der Waals surface area contributed by atoms with Crippen molar-refractivity contribution in [2.24, 2.45) is 0 Å². The van der Waals surface area contributed by atoms with Gasteiger partial charge in [0.05, 0.1) is 38.0 Å². The summed E-state index contributed by atoms with van der Waals surface area (Å²) in [6.07, 6.45) is 4.13. The highest BCUT2D eigenvalue weighted by Gasteiger charge is 2.17. The number of aromatic amines is 1. The number of para-hydroxylation sites is 3. The first-order valence-corrected chi connectivity index (χ1v) is 10.5. The minimum Gasteiger partial charge on any atom is -0.338 e. The van der Waals surface area contributed by atoms with Crippen LogP contribution in [0.4, 0.5) is 0 Å². The maximum absolute atomic E-state index is 4.90. The highest BCUT2D eigenvalue weighted by molar-refractivity contribution is 7.19. The lowest BCUT2D eigenvalue weighted by Gasteiger charge is -2.00. The fraction of sp³-hybridized carbons (Fsp3) is 0.0417. The zero-order chi connectivity index (χ0) is 20.1. The highest BCUT2D eigenvalue weighted by atomic mass is 32.1. The second-order valence-corrected chi connectivity index (χ2v) is 8.18. The van der Waals surface area contributed by atoms with E-state index in [1.807, 2.05) is 67.7 Å². The Hall–Kier alpha value is -3.77. The van der Waals surface area contributed by atoms with Gasteiger partial charge in [-0.25, -0.2) is 15.0 Å². The van der Waals surface area contributed by atoms with E-state index in [9.17, 15) is 0 Å². The maximum atomic E-state index is 4.90. The van der Waals surface area contributed by atoms with E-state index in [1.165, 1.54) is 0 Å². The van der Waals surface area contributed by atoms with E-state index in [1.54, 1.807) is 11.3 Å². The Kier molecular flexibility index (Phi) is 3.79. The van der Waals surface area contributed by atoms with Crippen molar-refractivity contribution >= 4 is 49.8 Å². The number of aryl methyl sites for hydroxylation is 1. The van der Waals surface area contributed by atoms with E-state index in [4.69, 9.17) is 15.0 Å². The lowest BCUT2D eigenvalue weighted by atomic mass is 10.2. The summed E-state index contributed by atoms with van der Waals surface area (Å²) in [5.41, 5.74) is 5.84. The molecule has 0 aliphatic rings. The highest BCUT2D eigenvalue weighted by Crippen LogP contribution is 2.33. The van der Waals surface area contributed by atoms with E-state index in [2.05, 4.69) is 27.6 Å². The van der Waals surface area contributed by atoms with Crippen molar-refractivity contribution in [3.63, 3.8) is 0 Å². The number of nitrogens with one attached hydrogen (secondary N) is 1. The van der Waals surface area contributed by atoms with Crippen molar-refractivity contribution in [2.45, 2.75) is 6.92 Å². The quantitative estimate of drug-likeness (QED) is 0.408. The molecule has 5 nitrogen and oxygen atoms in total. The van der Waals surface area contributed by atoms with E-state index in [0.717, 1.165) is 54.7 Å². The SMILES string of the molecule is Cc1nc(/C=C(\c2nc3ccccc3[nH]2)c2nc3ccccc3s2)c2ccccn12. The van der Waals surface area contributed by atoms with Crippen molar-refractivity contribution in [1.82, 2.24) is 24.3 Å². The molecule has 0 fully saturated rings. The molecule has 1 N–H and O–H groups in total. The Labute approximate surface area is 176 Å². The van der Waals surface area contributed by atoms with Crippen LogP contribution in [0.5, 0.6) is 0 Å². The lowest BCUT2D eigenvalue weighted by molar-refractivity contribution is 1.04. The summed E-state index contributed by atoms with van der Waals surface area (Å²) in [4.78, 5) is 18.0. The van der Waals surface area contributed by atoms with Crippen LogP contribution in [0.2, 0.25) is 0 Å². The molecule has 144 valence electrons. The van der Waals surface area contributed by atoms with Gasteiger partial charge in [0, 0.05) is 6.20 Å². The third-order valence-electron chi connectivity index (χ3n) is 5.20. The molecule has 0 amide bonds. The largest absolute Gasteiger partial charge is 0.338 e. The van der Waals surface area contributed by atoms with Crippen LogP contribution in [-0.4, -0.2) is 24.3 Å². The van der Waals surface area contributed by atoms with Gasteiger partial charge in [0.1, 0.15) is 16.7 Å². The molecule has 6 aromatic rings. The monoisotopic (exact) mass is 407 g/mol. The second kappa shape index (κ2) is 6.64. The molecular weight excluding hydrogens is 390 g/mol. The standard InChI is InChI=1S/C24H17N5S/c1-15-25-20(21-11-6-7-13-29(15)21)14-16(23-26-17-8-2-3-9-18(17)27-23)24-28-19-10-4-5-12-22(19)30-24/h2-14H,1H3,(H,26,27)/b16-14+. The van der Waals surface area contributed by atoms with Gasteiger partial charge in [0.25, 0.3) is 0 Å². The number of pyridine rings is 1. The summed E-state index contributed by atoms with van der Waals surface area (Å²) in [6, 6.07) is 22.4. The molecule has 0 bridgehead atoms. The first-order valence-electron chi connectivity index (χ1n) is 9.73. The molecule has 0 unspecified atom stereocenters. The number of hydrogen-bond donors (Lipinski definition) is 1.